The largest absolute Gasteiger partial charge is 0.464 e. The molecule has 1 aromatic carbocycles. The number of cyclic esters (lactones) is 1. The van der Waals surface area contributed by atoms with Crippen molar-refractivity contribution in [1.29, 1.82) is 0 Å². The Morgan fingerprint density at radius 2 is 1.92 bits per heavy atom. The first-order chi connectivity index (χ1) is 30.8. The number of rotatable bonds is 8. The lowest BCUT2D eigenvalue weighted by Crippen LogP contribution is -2.60. The zero-order valence-electron chi connectivity index (χ0n) is 37.4. The Labute approximate surface area is 376 Å². The fourth-order valence-electron chi connectivity index (χ4n) is 9.46. The summed E-state index contributed by atoms with van der Waals surface area (Å²) < 4.78 is 31.9. The maximum Gasteiger partial charge on any atom is 0.324 e. The van der Waals surface area contributed by atoms with Crippen LogP contribution in [0.15, 0.2) is 48.4 Å². The summed E-state index contributed by atoms with van der Waals surface area (Å²) in [5.41, 5.74) is 8.78. The van der Waals surface area contributed by atoms with Crippen LogP contribution < -0.4 is 15.6 Å². The van der Waals surface area contributed by atoms with Crippen molar-refractivity contribution in [3.8, 4) is 22.5 Å². The minimum Gasteiger partial charge on any atom is -0.464 e. The Kier molecular flexibility index (Phi) is 12.3. The summed E-state index contributed by atoms with van der Waals surface area (Å²) in [5, 5.41) is 7.58. The lowest BCUT2D eigenvalue weighted by Gasteiger charge is -2.35. The molecule has 1 aliphatic carbocycles. The number of hydrogen-bond acceptors (Lipinski definition) is 13. The van der Waals surface area contributed by atoms with Crippen LogP contribution in [0.1, 0.15) is 80.9 Å². The predicted octanol–water partition coefficient (Wildman–Crippen LogP) is 5.69. The highest BCUT2D eigenvalue weighted by Crippen LogP contribution is 2.47. The van der Waals surface area contributed by atoms with Crippen LogP contribution in [0.3, 0.4) is 0 Å². The first-order valence-corrected chi connectivity index (χ1v) is 23.3. The number of likely N-dealkylation sites (N-methyl/N-ethyl adjacent to an activating group) is 1. The van der Waals surface area contributed by atoms with Crippen LogP contribution in [0.25, 0.3) is 33.4 Å². The minimum atomic E-state index is -1.01. The van der Waals surface area contributed by atoms with Crippen LogP contribution in [0.2, 0.25) is 0 Å². The fraction of sp³-hybridized carbons (Fsp3) is 0.511. The van der Waals surface area contributed by atoms with E-state index < -0.39 is 29.3 Å². The molecule has 64 heavy (non-hydrogen) atoms. The fourth-order valence-corrected chi connectivity index (χ4v) is 10.3. The maximum atomic E-state index is 17.8. The average molecular weight is 893 g/mol. The summed E-state index contributed by atoms with van der Waals surface area (Å²) in [7, 11) is 3.80. The van der Waals surface area contributed by atoms with Crippen molar-refractivity contribution in [2.75, 3.05) is 58.4 Å². The van der Waals surface area contributed by atoms with Crippen molar-refractivity contribution in [2.45, 2.75) is 90.4 Å². The van der Waals surface area contributed by atoms with Crippen molar-refractivity contribution in [3.05, 3.63) is 76.1 Å². The molecular formula is C47H57FN10O5S. The zero-order chi connectivity index (χ0) is 44.9. The van der Waals surface area contributed by atoms with Gasteiger partial charge >= 0.3 is 5.97 Å². The number of benzene rings is 1. The van der Waals surface area contributed by atoms with E-state index >= 15 is 4.39 Å². The van der Waals surface area contributed by atoms with Crippen molar-refractivity contribution < 1.29 is 28.2 Å². The molecule has 338 valence electrons. The number of carbonyl (C=O) groups excluding carboxylic acids is 3. The second kappa shape index (κ2) is 17.9. The number of amides is 2. The number of aryl methyl sites for hydroxylation is 1. The van der Waals surface area contributed by atoms with E-state index in [4.69, 9.17) is 19.4 Å². The maximum absolute atomic E-state index is 17.8. The number of ether oxygens (including phenoxy) is 2. The van der Waals surface area contributed by atoms with Gasteiger partial charge in [0.1, 0.15) is 12.1 Å². The molecule has 2 N–H and O–H groups in total. The van der Waals surface area contributed by atoms with E-state index in [2.05, 4.69) is 55.1 Å². The van der Waals surface area contributed by atoms with Gasteiger partial charge in [0, 0.05) is 111 Å². The number of anilines is 1. The number of esters is 1. The van der Waals surface area contributed by atoms with Crippen LogP contribution in [-0.2, 0) is 43.2 Å². The summed E-state index contributed by atoms with van der Waals surface area (Å²) in [6, 6.07) is 4.15. The van der Waals surface area contributed by atoms with Gasteiger partial charge in [-0.2, -0.15) is 0 Å². The van der Waals surface area contributed by atoms with Crippen molar-refractivity contribution in [3.63, 3.8) is 0 Å². The number of nitrogens with zero attached hydrogens (tertiary/aromatic N) is 8. The lowest BCUT2D eigenvalue weighted by atomic mass is 9.93. The highest BCUT2D eigenvalue weighted by Gasteiger charge is 2.46. The van der Waals surface area contributed by atoms with E-state index in [1.807, 2.05) is 38.4 Å². The molecule has 5 atom stereocenters. The van der Waals surface area contributed by atoms with Gasteiger partial charge in [0.2, 0.25) is 5.91 Å². The Balaban J connectivity index is 1.15. The van der Waals surface area contributed by atoms with E-state index in [1.54, 1.807) is 31.8 Å². The predicted molar refractivity (Wildman–Crippen MR) is 242 cm³/mol. The molecule has 7 heterocycles. The molecule has 1 saturated carbocycles. The standard InChI is InChI=1S/C47H57FN10O5S/c1-7-29-30-10-11-31-38-24-64-39(52-38)21-36(53-44(59)33-20-32(33)37-23-49-12-13-50-37)45(60)58-14-8-9-35(54-58)46(61)63-26-47(3,4)25-57(43(30)40(31)48)42(29)34-19-28(22-51-41(34)27(2)62-6)56-17-15-55(5)16-18-56/h10-13,19,22-24,27,32-33,35-36,54H,7-9,14-18,20-21,25-26H2,1-6H3,(H,53,59)/t27-,32-,33-,35-,36-/m0/s1. The number of fused-ring (bicyclic) bond motifs is 6. The number of halogens is 1. The molecule has 2 amide bonds. The third-order valence-electron chi connectivity index (χ3n) is 13.2. The number of hydrogen-bond donors (Lipinski definition) is 2. The van der Waals surface area contributed by atoms with Gasteiger partial charge in [-0.1, -0.05) is 26.8 Å². The molecule has 0 unspecified atom stereocenters. The van der Waals surface area contributed by atoms with E-state index in [-0.39, 0.29) is 42.8 Å². The summed E-state index contributed by atoms with van der Waals surface area (Å²) >= 11 is 1.31. The number of piperazine rings is 1. The van der Waals surface area contributed by atoms with Gasteiger partial charge < -0.3 is 29.2 Å². The number of hydrazine groups is 1. The van der Waals surface area contributed by atoms with E-state index in [9.17, 15) is 14.4 Å². The summed E-state index contributed by atoms with van der Waals surface area (Å²) in [4.78, 5) is 65.2. The first-order valence-electron chi connectivity index (χ1n) is 22.4. The van der Waals surface area contributed by atoms with Crippen molar-refractivity contribution in [1.82, 2.24) is 45.2 Å². The van der Waals surface area contributed by atoms with Crippen molar-refractivity contribution >= 4 is 45.7 Å². The minimum absolute atomic E-state index is 0.0310. The van der Waals surface area contributed by atoms with E-state index in [0.29, 0.717) is 60.6 Å². The molecule has 2 saturated heterocycles. The normalized spacial score (nSPS) is 23.4. The molecule has 4 aliphatic rings. The van der Waals surface area contributed by atoms with E-state index in [1.165, 1.54) is 16.3 Å². The third-order valence-corrected chi connectivity index (χ3v) is 14.1. The van der Waals surface area contributed by atoms with Gasteiger partial charge in [0.05, 0.1) is 57.9 Å². The van der Waals surface area contributed by atoms with Crippen LogP contribution in [0.5, 0.6) is 0 Å². The Morgan fingerprint density at radius 3 is 2.67 bits per heavy atom. The van der Waals surface area contributed by atoms with Crippen molar-refractivity contribution in [2.24, 2.45) is 11.3 Å². The van der Waals surface area contributed by atoms with Gasteiger partial charge in [0.15, 0.2) is 5.82 Å². The first kappa shape index (κ1) is 43.9. The monoisotopic (exact) mass is 892 g/mol. The molecule has 15 nitrogen and oxygen atoms in total. The topological polar surface area (TPSA) is 160 Å². The third kappa shape index (κ3) is 8.62. The van der Waals surface area contributed by atoms with Gasteiger partial charge in [-0.3, -0.25) is 34.3 Å². The molecule has 0 spiro atoms. The Bertz CT molecular complexity index is 2560. The second-order valence-electron chi connectivity index (χ2n) is 18.4. The van der Waals surface area contributed by atoms with Gasteiger partial charge in [-0.15, -0.1) is 11.3 Å². The number of carbonyl (C=O) groups is 3. The summed E-state index contributed by atoms with van der Waals surface area (Å²) in [6.07, 6.45) is 8.71. The summed E-state index contributed by atoms with van der Waals surface area (Å²) in [6.45, 7) is 12.3. The summed E-state index contributed by atoms with van der Waals surface area (Å²) in [5.74, 6) is -2.03. The Hall–Kier alpha value is -5.36. The van der Waals surface area contributed by atoms with Crippen LogP contribution in [0, 0.1) is 17.2 Å². The number of pyridine rings is 1. The quantitative estimate of drug-likeness (QED) is 0.184. The number of thiazole rings is 1. The average Bonchev–Trinajstić information content (AvgIpc) is 3.88. The molecule has 4 aromatic heterocycles. The zero-order valence-corrected chi connectivity index (χ0v) is 38.2. The molecule has 3 aliphatic heterocycles. The highest BCUT2D eigenvalue weighted by molar-refractivity contribution is 7.10. The molecule has 17 heteroatoms. The smallest absolute Gasteiger partial charge is 0.324 e. The van der Waals surface area contributed by atoms with Crippen LogP contribution >= 0.6 is 11.3 Å². The second-order valence-corrected chi connectivity index (χ2v) is 19.4. The van der Waals surface area contributed by atoms with E-state index in [0.717, 1.165) is 65.5 Å². The number of nitrogens with one attached hydrogen (secondary N) is 2. The highest BCUT2D eigenvalue weighted by atomic mass is 32.1. The molecule has 9 rings (SSSR count). The number of aromatic nitrogens is 5. The number of methoxy groups -OCH3 is 1. The van der Waals surface area contributed by atoms with Gasteiger partial charge in [-0.05, 0) is 57.4 Å². The SMILES string of the molecule is CCc1c(-c2cc(N3CCN(C)CC3)cnc2[C@H](C)OC)n2c3c(F)c(ccc13)-c1csc(n1)C[C@H](NC(=O)[C@H]1C[C@@H]1c1cnccn1)C(=O)N1CCC[C@H](N1)C(=O)OCC(C)(C)C2. The molecule has 5 aromatic rings. The van der Waals surface area contributed by atoms with Gasteiger partial charge in [-0.25, -0.2) is 14.8 Å². The molecule has 0 radical (unpaired) electrons. The van der Waals surface area contributed by atoms with Gasteiger partial charge in [0.25, 0.3) is 5.91 Å². The van der Waals surface area contributed by atoms with Crippen LogP contribution in [-0.4, -0.2) is 118 Å². The lowest BCUT2D eigenvalue weighted by molar-refractivity contribution is -0.155. The molecular weight excluding hydrogens is 836 g/mol. The molecule has 3 fully saturated rings. The Morgan fingerprint density at radius 1 is 1.11 bits per heavy atom. The molecule has 6 bridgehead atoms. The van der Waals surface area contributed by atoms with Crippen LogP contribution in [0.4, 0.5) is 10.1 Å².